The second kappa shape index (κ2) is 7.09. The van der Waals surface area contributed by atoms with Gasteiger partial charge in [0.05, 0.1) is 17.9 Å². The average Bonchev–Trinajstić information content (AvgIpc) is 3.07. The molecule has 1 saturated carbocycles. The zero-order valence-corrected chi connectivity index (χ0v) is 11.3. The van der Waals surface area contributed by atoms with Crippen molar-refractivity contribution in [2.24, 2.45) is 5.92 Å². The Morgan fingerprint density at radius 1 is 1.35 bits per heavy atom. The number of furan rings is 1. The molecule has 0 spiro atoms. The summed E-state index contributed by atoms with van der Waals surface area (Å²) in [6.45, 7) is 0.790. The Hall–Kier alpha value is -1.82. The molecule has 1 aliphatic rings. The highest BCUT2D eigenvalue weighted by Gasteiger charge is 2.25. The Morgan fingerprint density at radius 2 is 2.20 bits per heavy atom. The molecule has 0 aromatic carbocycles. The van der Waals surface area contributed by atoms with Crippen LogP contribution in [0.3, 0.4) is 0 Å². The number of aliphatic hydroxyl groups excluding tert-OH is 1. The second-order valence-corrected chi connectivity index (χ2v) is 5.08. The van der Waals surface area contributed by atoms with Crippen LogP contribution in [-0.4, -0.2) is 36.1 Å². The quantitative estimate of drug-likeness (QED) is 0.714. The summed E-state index contributed by atoms with van der Waals surface area (Å²) < 4.78 is 4.80. The molecule has 6 heteroatoms. The van der Waals surface area contributed by atoms with Gasteiger partial charge >= 0.3 is 0 Å². The molecule has 1 aromatic rings. The molecule has 110 valence electrons. The summed E-state index contributed by atoms with van der Waals surface area (Å²) in [7, 11) is 0. The van der Waals surface area contributed by atoms with Gasteiger partial charge in [-0.25, -0.2) is 0 Å². The smallest absolute Gasteiger partial charge is 0.254 e. The van der Waals surface area contributed by atoms with Gasteiger partial charge in [0.15, 0.2) is 0 Å². The summed E-state index contributed by atoms with van der Waals surface area (Å²) in [4.78, 5) is 23.2. The first-order valence-corrected chi connectivity index (χ1v) is 6.92. The Kier molecular flexibility index (Phi) is 5.17. The monoisotopic (exact) mass is 280 g/mol. The van der Waals surface area contributed by atoms with Gasteiger partial charge in [-0.2, -0.15) is 0 Å². The van der Waals surface area contributed by atoms with Crippen LogP contribution in [0, 0.1) is 5.92 Å². The first-order valence-electron chi connectivity index (χ1n) is 6.92. The largest absolute Gasteiger partial charge is 0.472 e. The number of hydrogen-bond acceptors (Lipinski definition) is 4. The lowest BCUT2D eigenvalue weighted by atomic mass is 10.1. The van der Waals surface area contributed by atoms with Crippen molar-refractivity contribution in [1.29, 1.82) is 0 Å². The van der Waals surface area contributed by atoms with Crippen LogP contribution in [0.15, 0.2) is 23.0 Å². The van der Waals surface area contributed by atoms with E-state index in [-0.39, 0.29) is 36.8 Å². The molecule has 6 nitrogen and oxygen atoms in total. The molecule has 0 aliphatic heterocycles. The first-order chi connectivity index (χ1) is 9.66. The predicted octanol–water partition coefficient (Wildman–Crippen LogP) is 0.677. The van der Waals surface area contributed by atoms with Gasteiger partial charge in [-0.05, 0) is 18.9 Å². The molecule has 20 heavy (non-hydrogen) atoms. The van der Waals surface area contributed by atoms with Crippen LogP contribution in [0.5, 0.6) is 0 Å². The molecule has 1 heterocycles. The second-order valence-electron chi connectivity index (χ2n) is 5.08. The fraction of sp³-hybridized carbons (Fsp3) is 0.571. The van der Waals surface area contributed by atoms with E-state index in [1.54, 1.807) is 6.07 Å². The van der Waals surface area contributed by atoms with Crippen LogP contribution in [0.2, 0.25) is 0 Å². The molecule has 1 fully saturated rings. The Bertz CT molecular complexity index is 444. The van der Waals surface area contributed by atoms with E-state index in [1.807, 2.05) is 0 Å². The van der Waals surface area contributed by atoms with Gasteiger partial charge in [-0.15, -0.1) is 0 Å². The predicted molar refractivity (Wildman–Crippen MR) is 72.0 cm³/mol. The number of aliphatic hydroxyl groups is 1. The van der Waals surface area contributed by atoms with Gasteiger partial charge in [0.25, 0.3) is 5.91 Å². The van der Waals surface area contributed by atoms with Crippen LogP contribution in [0.4, 0.5) is 0 Å². The molecule has 2 atom stereocenters. The Balaban J connectivity index is 1.59. The maximum absolute atomic E-state index is 11.6. The third kappa shape index (κ3) is 4.09. The van der Waals surface area contributed by atoms with Crippen LogP contribution >= 0.6 is 0 Å². The van der Waals surface area contributed by atoms with Gasteiger partial charge in [-0.3, -0.25) is 9.59 Å². The van der Waals surface area contributed by atoms with Crippen molar-refractivity contribution >= 4 is 11.8 Å². The standard InChI is InChI=1S/C14H20N2O4/c17-12-3-1-2-10(12)8-16-13(18)4-6-15-14(19)11-5-7-20-9-11/h5,7,9-10,12,17H,1-4,6,8H2,(H,15,19)(H,16,18). The highest BCUT2D eigenvalue weighted by molar-refractivity contribution is 5.93. The van der Waals surface area contributed by atoms with Crippen molar-refractivity contribution in [3.8, 4) is 0 Å². The van der Waals surface area contributed by atoms with Crippen molar-refractivity contribution in [3.63, 3.8) is 0 Å². The van der Waals surface area contributed by atoms with E-state index in [2.05, 4.69) is 10.6 Å². The third-order valence-electron chi connectivity index (χ3n) is 3.60. The molecular formula is C14H20N2O4. The van der Waals surface area contributed by atoms with Gasteiger partial charge in [0.1, 0.15) is 6.26 Å². The van der Waals surface area contributed by atoms with Crippen LogP contribution < -0.4 is 10.6 Å². The average molecular weight is 280 g/mol. The van der Waals surface area contributed by atoms with Crippen molar-refractivity contribution in [2.45, 2.75) is 31.8 Å². The highest BCUT2D eigenvalue weighted by Crippen LogP contribution is 2.24. The van der Waals surface area contributed by atoms with Crippen LogP contribution in [0.1, 0.15) is 36.0 Å². The fourth-order valence-electron chi connectivity index (χ4n) is 2.37. The SMILES string of the molecule is O=C(CCNC(=O)c1ccoc1)NCC1CCCC1O. The van der Waals surface area contributed by atoms with E-state index in [4.69, 9.17) is 4.42 Å². The topological polar surface area (TPSA) is 91.6 Å². The lowest BCUT2D eigenvalue weighted by Crippen LogP contribution is -2.35. The number of carbonyl (C=O) groups excluding carboxylic acids is 2. The molecule has 2 unspecified atom stereocenters. The van der Waals surface area contributed by atoms with Crippen LogP contribution in [0.25, 0.3) is 0 Å². The molecule has 0 bridgehead atoms. The van der Waals surface area contributed by atoms with Crippen molar-refractivity contribution in [1.82, 2.24) is 10.6 Å². The molecule has 0 saturated heterocycles. The molecule has 2 amide bonds. The summed E-state index contributed by atoms with van der Waals surface area (Å²) in [5, 5.41) is 15.1. The van der Waals surface area contributed by atoms with E-state index in [0.717, 1.165) is 19.3 Å². The summed E-state index contributed by atoms with van der Waals surface area (Å²) in [5.41, 5.74) is 0.444. The lowest BCUT2D eigenvalue weighted by molar-refractivity contribution is -0.121. The number of carbonyl (C=O) groups is 2. The number of nitrogens with one attached hydrogen (secondary N) is 2. The normalized spacial score (nSPS) is 21.6. The number of hydrogen-bond donors (Lipinski definition) is 3. The minimum atomic E-state index is -0.295. The number of rotatable bonds is 6. The van der Waals surface area contributed by atoms with E-state index in [9.17, 15) is 14.7 Å². The van der Waals surface area contributed by atoms with Gasteiger partial charge in [0, 0.05) is 25.4 Å². The van der Waals surface area contributed by atoms with Crippen LogP contribution in [-0.2, 0) is 4.79 Å². The van der Waals surface area contributed by atoms with Crippen molar-refractivity contribution in [2.75, 3.05) is 13.1 Å². The minimum absolute atomic E-state index is 0.114. The van der Waals surface area contributed by atoms with Gasteiger partial charge in [0.2, 0.25) is 5.91 Å². The Labute approximate surface area is 117 Å². The number of amides is 2. The zero-order chi connectivity index (χ0) is 14.4. The molecule has 0 radical (unpaired) electrons. The summed E-state index contributed by atoms with van der Waals surface area (Å²) in [6, 6.07) is 1.57. The molecule has 2 rings (SSSR count). The zero-order valence-electron chi connectivity index (χ0n) is 11.3. The molecule has 3 N–H and O–H groups in total. The van der Waals surface area contributed by atoms with E-state index < -0.39 is 0 Å². The van der Waals surface area contributed by atoms with Gasteiger partial charge < -0.3 is 20.2 Å². The fourth-order valence-corrected chi connectivity index (χ4v) is 2.37. The molecular weight excluding hydrogens is 260 g/mol. The molecule has 1 aliphatic carbocycles. The lowest BCUT2D eigenvalue weighted by Gasteiger charge is -2.15. The minimum Gasteiger partial charge on any atom is -0.472 e. The van der Waals surface area contributed by atoms with Crippen molar-refractivity contribution < 1.29 is 19.1 Å². The van der Waals surface area contributed by atoms with E-state index in [0.29, 0.717) is 12.1 Å². The summed E-state index contributed by atoms with van der Waals surface area (Å²) >= 11 is 0. The summed E-state index contributed by atoms with van der Waals surface area (Å²) in [5.74, 6) is -0.200. The van der Waals surface area contributed by atoms with E-state index in [1.165, 1.54) is 12.5 Å². The van der Waals surface area contributed by atoms with Gasteiger partial charge in [-0.1, -0.05) is 6.42 Å². The maximum atomic E-state index is 11.6. The Morgan fingerprint density at radius 3 is 2.85 bits per heavy atom. The van der Waals surface area contributed by atoms with Crippen molar-refractivity contribution in [3.05, 3.63) is 24.2 Å². The molecule has 1 aromatic heterocycles. The van der Waals surface area contributed by atoms with E-state index >= 15 is 0 Å². The third-order valence-corrected chi connectivity index (χ3v) is 3.60. The first kappa shape index (κ1) is 14.6. The highest BCUT2D eigenvalue weighted by atomic mass is 16.3. The maximum Gasteiger partial charge on any atom is 0.254 e. The summed E-state index contributed by atoms with van der Waals surface area (Å²) in [6.07, 6.45) is 5.51.